The maximum absolute atomic E-state index is 11.8. The highest BCUT2D eigenvalue weighted by atomic mass is 16.5. The van der Waals surface area contributed by atoms with E-state index >= 15 is 0 Å². The summed E-state index contributed by atoms with van der Waals surface area (Å²) in [5.41, 5.74) is 4.05. The summed E-state index contributed by atoms with van der Waals surface area (Å²) in [7, 11) is 1.62. The number of hydrogen-bond acceptors (Lipinski definition) is 4. The second-order valence-electron chi connectivity index (χ2n) is 7.64. The number of methoxy groups -OCH3 is 1. The molecule has 0 aliphatic carbocycles. The Balaban J connectivity index is 2.07. The van der Waals surface area contributed by atoms with Crippen LogP contribution in [0.3, 0.4) is 0 Å². The first-order chi connectivity index (χ1) is 13.4. The van der Waals surface area contributed by atoms with Crippen LogP contribution < -0.4 is 9.47 Å². The molecule has 0 spiro atoms. The van der Waals surface area contributed by atoms with E-state index < -0.39 is 0 Å². The summed E-state index contributed by atoms with van der Waals surface area (Å²) < 4.78 is 11.5. The van der Waals surface area contributed by atoms with Gasteiger partial charge in [-0.25, -0.2) is 4.98 Å². The molecular formula is C24H25NO3. The van der Waals surface area contributed by atoms with Crippen LogP contribution in [0.25, 0.3) is 11.1 Å². The molecule has 0 saturated heterocycles. The van der Waals surface area contributed by atoms with Gasteiger partial charge in [0.15, 0.2) is 6.29 Å². The molecule has 0 aliphatic heterocycles. The van der Waals surface area contributed by atoms with E-state index in [1.54, 1.807) is 19.4 Å². The number of carbonyl (C=O) groups excluding carboxylic acids is 1. The van der Waals surface area contributed by atoms with Crippen LogP contribution >= 0.6 is 0 Å². The number of hydrogen-bond donors (Lipinski definition) is 0. The van der Waals surface area contributed by atoms with Gasteiger partial charge < -0.3 is 9.47 Å². The highest BCUT2D eigenvalue weighted by Crippen LogP contribution is 2.39. The Morgan fingerprint density at radius 2 is 1.75 bits per heavy atom. The normalized spacial score (nSPS) is 11.1. The van der Waals surface area contributed by atoms with E-state index in [9.17, 15) is 4.79 Å². The van der Waals surface area contributed by atoms with Gasteiger partial charge in [0.05, 0.1) is 7.11 Å². The second-order valence-corrected chi connectivity index (χ2v) is 7.64. The fraction of sp³-hybridized carbons (Fsp3) is 0.250. The smallest absolute Gasteiger partial charge is 0.221 e. The summed E-state index contributed by atoms with van der Waals surface area (Å²) in [4.78, 5) is 16.2. The van der Waals surface area contributed by atoms with Gasteiger partial charge in [-0.2, -0.15) is 0 Å². The molecule has 0 unspecified atom stereocenters. The molecule has 2 aromatic carbocycles. The standard InChI is InChI=1S/C24H25NO3/c1-24(2,3)21-14-20(18(15-26)13-22(21)27-4)19-11-8-12-25-23(19)28-16-17-9-6-5-7-10-17/h5-15H,16H2,1-4H3. The van der Waals surface area contributed by atoms with Crippen molar-refractivity contribution >= 4 is 6.29 Å². The number of aromatic nitrogens is 1. The van der Waals surface area contributed by atoms with Crippen molar-refractivity contribution in [1.29, 1.82) is 0 Å². The van der Waals surface area contributed by atoms with E-state index in [4.69, 9.17) is 9.47 Å². The zero-order valence-electron chi connectivity index (χ0n) is 16.7. The van der Waals surface area contributed by atoms with Crippen LogP contribution in [-0.2, 0) is 12.0 Å². The first-order valence-electron chi connectivity index (χ1n) is 9.24. The monoisotopic (exact) mass is 375 g/mol. The number of nitrogens with zero attached hydrogens (tertiary/aromatic N) is 1. The fourth-order valence-electron chi connectivity index (χ4n) is 3.12. The molecule has 3 aromatic rings. The molecule has 0 saturated carbocycles. The van der Waals surface area contributed by atoms with Crippen molar-refractivity contribution in [3.63, 3.8) is 0 Å². The molecular weight excluding hydrogens is 350 g/mol. The Hall–Kier alpha value is -3.14. The molecule has 0 atom stereocenters. The highest BCUT2D eigenvalue weighted by Gasteiger charge is 2.23. The lowest BCUT2D eigenvalue weighted by molar-refractivity contribution is 0.112. The van der Waals surface area contributed by atoms with E-state index in [2.05, 4.69) is 25.8 Å². The SMILES string of the molecule is COc1cc(C=O)c(-c2cccnc2OCc2ccccc2)cc1C(C)(C)C. The summed E-state index contributed by atoms with van der Waals surface area (Å²) in [5, 5.41) is 0. The number of carbonyl (C=O) groups is 1. The minimum Gasteiger partial charge on any atom is -0.496 e. The van der Waals surface area contributed by atoms with Gasteiger partial charge >= 0.3 is 0 Å². The molecule has 4 nitrogen and oxygen atoms in total. The van der Waals surface area contributed by atoms with Crippen molar-refractivity contribution in [3.8, 4) is 22.8 Å². The van der Waals surface area contributed by atoms with Gasteiger partial charge in [-0.15, -0.1) is 0 Å². The third-order valence-corrected chi connectivity index (χ3v) is 4.59. The van der Waals surface area contributed by atoms with Crippen LogP contribution in [0.5, 0.6) is 11.6 Å². The summed E-state index contributed by atoms with van der Waals surface area (Å²) in [5.74, 6) is 1.20. The molecule has 144 valence electrons. The van der Waals surface area contributed by atoms with E-state index in [0.717, 1.165) is 28.5 Å². The largest absolute Gasteiger partial charge is 0.496 e. The van der Waals surface area contributed by atoms with Crippen LogP contribution in [0.1, 0.15) is 42.3 Å². The third-order valence-electron chi connectivity index (χ3n) is 4.59. The van der Waals surface area contributed by atoms with Crippen molar-refractivity contribution in [2.75, 3.05) is 7.11 Å². The molecule has 1 heterocycles. The summed E-state index contributed by atoms with van der Waals surface area (Å²) in [6.45, 7) is 6.76. The first-order valence-corrected chi connectivity index (χ1v) is 9.24. The molecule has 0 aliphatic rings. The van der Waals surface area contributed by atoms with Gasteiger partial charge in [0.2, 0.25) is 5.88 Å². The zero-order chi connectivity index (χ0) is 20.1. The van der Waals surface area contributed by atoms with Crippen molar-refractivity contribution in [3.05, 3.63) is 77.5 Å². The maximum Gasteiger partial charge on any atom is 0.221 e. The molecule has 4 heteroatoms. The number of pyridine rings is 1. The van der Waals surface area contributed by atoms with E-state index in [0.29, 0.717) is 23.8 Å². The number of aldehydes is 1. The topological polar surface area (TPSA) is 48.4 Å². The fourth-order valence-corrected chi connectivity index (χ4v) is 3.12. The van der Waals surface area contributed by atoms with Crippen LogP contribution in [0.15, 0.2) is 60.8 Å². The lowest BCUT2D eigenvalue weighted by atomic mass is 9.83. The average Bonchev–Trinajstić information content (AvgIpc) is 2.71. The average molecular weight is 375 g/mol. The number of ether oxygens (including phenoxy) is 2. The highest BCUT2D eigenvalue weighted by molar-refractivity contribution is 5.90. The molecule has 28 heavy (non-hydrogen) atoms. The molecule has 1 aromatic heterocycles. The molecule has 0 N–H and O–H groups in total. The Bertz CT molecular complexity index is 959. The molecule has 3 rings (SSSR count). The summed E-state index contributed by atoms with van der Waals surface area (Å²) >= 11 is 0. The summed E-state index contributed by atoms with van der Waals surface area (Å²) in [6.07, 6.45) is 2.54. The van der Waals surface area contributed by atoms with Gasteiger partial charge in [-0.1, -0.05) is 51.1 Å². The third kappa shape index (κ3) is 4.22. The molecule has 0 amide bonds. The van der Waals surface area contributed by atoms with Crippen LogP contribution in [-0.4, -0.2) is 18.4 Å². The Kier molecular flexibility index (Phi) is 5.78. The Morgan fingerprint density at radius 3 is 2.39 bits per heavy atom. The predicted molar refractivity (Wildman–Crippen MR) is 111 cm³/mol. The second kappa shape index (κ2) is 8.26. The van der Waals surface area contributed by atoms with Gasteiger partial charge in [-0.05, 0) is 40.8 Å². The van der Waals surface area contributed by atoms with Crippen molar-refractivity contribution < 1.29 is 14.3 Å². The maximum atomic E-state index is 11.8. The quantitative estimate of drug-likeness (QED) is 0.538. The van der Waals surface area contributed by atoms with Crippen molar-refractivity contribution in [2.45, 2.75) is 32.8 Å². The molecule has 0 radical (unpaired) electrons. The van der Waals surface area contributed by atoms with E-state index in [-0.39, 0.29) is 5.41 Å². The van der Waals surface area contributed by atoms with E-state index in [1.807, 2.05) is 48.5 Å². The molecule has 0 bridgehead atoms. The zero-order valence-corrected chi connectivity index (χ0v) is 16.7. The van der Waals surface area contributed by atoms with Gasteiger partial charge in [0.25, 0.3) is 0 Å². The van der Waals surface area contributed by atoms with Gasteiger partial charge in [-0.3, -0.25) is 4.79 Å². The van der Waals surface area contributed by atoms with Crippen LogP contribution in [0, 0.1) is 0 Å². The van der Waals surface area contributed by atoms with Crippen molar-refractivity contribution in [2.24, 2.45) is 0 Å². The minimum absolute atomic E-state index is 0.144. The van der Waals surface area contributed by atoms with Crippen LogP contribution in [0.4, 0.5) is 0 Å². The van der Waals surface area contributed by atoms with Gasteiger partial charge in [0, 0.05) is 22.9 Å². The van der Waals surface area contributed by atoms with Gasteiger partial charge in [0.1, 0.15) is 12.4 Å². The summed E-state index contributed by atoms with van der Waals surface area (Å²) in [6, 6.07) is 17.5. The lowest BCUT2D eigenvalue weighted by Gasteiger charge is -2.24. The lowest BCUT2D eigenvalue weighted by Crippen LogP contribution is -2.14. The number of rotatable bonds is 6. The Morgan fingerprint density at radius 1 is 1.00 bits per heavy atom. The minimum atomic E-state index is -0.144. The van der Waals surface area contributed by atoms with Crippen molar-refractivity contribution in [1.82, 2.24) is 4.98 Å². The predicted octanol–water partition coefficient (Wildman–Crippen LogP) is 5.45. The van der Waals surface area contributed by atoms with E-state index in [1.165, 1.54) is 0 Å². The Labute approximate surface area is 166 Å². The number of benzene rings is 2. The van der Waals surface area contributed by atoms with Crippen LogP contribution in [0.2, 0.25) is 0 Å². The first kappa shape index (κ1) is 19.6. The molecule has 0 fully saturated rings.